The van der Waals surface area contributed by atoms with Crippen molar-refractivity contribution >= 4 is 23.1 Å². The van der Waals surface area contributed by atoms with Crippen molar-refractivity contribution < 1.29 is 29.1 Å². The summed E-state index contributed by atoms with van der Waals surface area (Å²) in [6.45, 7) is 7.33. The molecule has 0 saturated carbocycles. The predicted octanol–water partition coefficient (Wildman–Crippen LogP) is 5.33. The van der Waals surface area contributed by atoms with E-state index in [0.29, 0.717) is 30.0 Å². The Balaban J connectivity index is 2.04. The lowest BCUT2D eigenvalue weighted by Gasteiger charge is -2.28. The Labute approximate surface area is 235 Å². The fourth-order valence-corrected chi connectivity index (χ4v) is 4.95. The van der Waals surface area contributed by atoms with Crippen molar-refractivity contribution in [1.82, 2.24) is 9.80 Å². The number of ketones is 1. The summed E-state index contributed by atoms with van der Waals surface area (Å²) in [5.74, 6) is -1.01. The summed E-state index contributed by atoms with van der Waals surface area (Å²) in [6, 6.07) is 9.38. The quantitative estimate of drug-likeness (QED) is 0.103. The van der Waals surface area contributed by atoms with Crippen LogP contribution in [-0.2, 0) is 9.59 Å². The number of unbranched alkanes of at least 4 members (excludes halogenated alkanes) is 2. The smallest absolute Gasteiger partial charge is 0.295 e. The van der Waals surface area contributed by atoms with Gasteiger partial charge < -0.3 is 24.4 Å². The van der Waals surface area contributed by atoms with E-state index in [9.17, 15) is 24.8 Å². The van der Waals surface area contributed by atoms with Crippen LogP contribution < -0.4 is 9.47 Å². The SMILES string of the molecule is CCCCN(CCCC)CCCN1C(=O)C(=O)/C(=C(\O)c2ccc([N+](=O)[O-])cc2)C1c1cc(OC)ccc1OC. The summed E-state index contributed by atoms with van der Waals surface area (Å²) in [5.41, 5.74) is 0.442. The van der Waals surface area contributed by atoms with Crippen LogP contribution in [0.25, 0.3) is 5.76 Å². The molecule has 10 nitrogen and oxygen atoms in total. The Morgan fingerprint density at radius 1 is 0.975 bits per heavy atom. The number of methoxy groups -OCH3 is 2. The Morgan fingerprint density at radius 2 is 1.60 bits per heavy atom. The lowest BCUT2D eigenvalue weighted by Crippen LogP contribution is -2.34. The van der Waals surface area contributed by atoms with Crippen LogP contribution in [0.1, 0.15) is 63.1 Å². The number of aliphatic hydroxyl groups excluding tert-OH is 1. The molecule has 1 fully saturated rings. The third kappa shape index (κ3) is 6.98. The molecule has 0 aromatic heterocycles. The lowest BCUT2D eigenvalue weighted by molar-refractivity contribution is -0.384. The highest BCUT2D eigenvalue weighted by molar-refractivity contribution is 6.46. The second kappa shape index (κ2) is 14.5. The van der Waals surface area contributed by atoms with E-state index in [1.54, 1.807) is 18.2 Å². The first kappa shape index (κ1) is 30.6. The molecule has 3 rings (SSSR count). The van der Waals surface area contributed by atoms with Gasteiger partial charge >= 0.3 is 0 Å². The molecule has 1 N–H and O–H groups in total. The van der Waals surface area contributed by atoms with Gasteiger partial charge in [-0.25, -0.2) is 0 Å². The van der Waals surface area contributed by atoms with Crippen molar-refractivity contribution in [3.8, 4) is 11.5 Å². The first-order chi connectivity index (χ1) is 19.3. The molecule has 1 aliphatic rings. The Morgan fingerprint density at radius 3 is 2.15 bits per heavy atom. The van der Waals surface area contributed by atoms with Crippen LogP contribution in [0.2, 0.25) is 0 Å². The van der Waals surface area contributed by atoms with Crippen LogP contribution in [0, 0.1) is 10.1 Å². The van der Waals surface area contributed by atoms with E-state index in [-0.39, 0.29) is 16.8 Å². The van der Waals surface area contributed by atoms with Gasteiger partial charge in [0.05, 0.1) is 30.8 Å². The number of likely N-dealkylation sites (tertiary alicyclic amines) is 1. The first-order valence-electron chi connectivity index (χ1n) is 13.7. The molecule has 1 unspecified atom stereocenters. The number of ether oxygens (including phenoxy) is 2. The Bertz CT molecular complexity index is 1220. The predicted molar refractivity (Wildman–Crippen MR) is 153 cm³/mol. The summed E-state index contributed by atoms with van der Waals surface area (Å²) in [5, 5.41) is 22.4. The second-order valence-corrected chi connectivity index (χ2v) is 9.81. The van der Waals surface area contributed by atoms with Gasteiger partial charge in [0.25, 0.3) is 17.4 Å². The van der Waals surface area contributed by atoms with Gasteiger partial charge in [0.15, 0.2) is 0 Å². The molecule has 10 heteroatoms. The highest BCUT2D eigenvalue weighted by Crippen LogP contribution is 2.44. The van der Waals surface area contributed by atoms with Gasteiger partial charge in [-0.2, -0.15) is 0 Å². The van der Waals surface area contributed by atoms with Crippen molar-refractivity contribution in [3.05, 3.63) is 69.3 Å². The minimum atomic E-state index is -0.931. The van der Waals surface area contributed by atoms with Crippen LogP contribution >= 0.6 is 0 Å². The minimum Gasteiger partial charge on any atom is -0.507 e. The summed E-state index contributed by atoms with van der Waals surface area (Å²) < 4.78 is 11.0. The van der Waals surface area contributed by atoms with E-state index >= 15 is 0 Å². The van der Waals surface area contributed by atoms with Crippen LogP contribution in [0.15, 0.2) is 48.0 Å². The third-order valence-electron chi connectivity index (χ3n) is 7.15. The fraction of sp³-hybridized carbons (Fsp3) is 0.467. The average Bonchev–Trinajstić information content (AvgIpc) is 3.22. The number of nitro groups is 1. The zero-order valence-corrected chi connectivity index (χ0v) is 23.7. The molecule has 0 radical (unpaired) electrons. The Kier molecular flexibility index (Phi) is 11.1. The van der Waals surface area contributed by atoms with Crippen molar-refractivity contribution in [2.75, 3.05) is 40.4 Å². The van der Waals surface area contributed by atoms with Gasteiger partial charge in [0.1, 0.15) is 17.3 Å². The average molecular weight is 554 g/mol. The van der Waals surface area contributed by atoms with E-state index in [4.69, 9.17) is 9.47 Å². The lowest BCUT2D eigenvalue weighted by atomic mass is 9.94. The van der Waals surface area contributed by atoms with E-state index < -0.39 is 28.4 Å². The summed E-state index contributed by atoms with van der Waals surface area (Å²) in [6.07, 6.45) is 5.00. The minimum absolute atomic E-state index is 0.0979. The monoisotopic (exact) mass is 553 g/mol. The van der Waals surface area contributed by atoms with Crippen molar-refractivity contribution in [2.24, 2.45) is 0 Å². The molecule has 2 aromatic rings. The number of non-ortho nitro benzene ring substituents is 1. The topological polar surface area (TPSA) is 122 Å². The Hall–Kier alpha value is -3.92. The maximum absolute atomic E-state index is 13.4. The molecule has 0 aliphatic carbocycles. The van der Waals surface area contributed by atoms with Crippen LogP contribution in [-0.4, -0.2) is 71.9 Å². The standard InChI is InChI=1S/C30H39N3O7/c1-5-7-16-31(17-8-6-2)18-9-19-32-27(24-20-23(39-3)14-15-25(24)40-4)26(29(35)30(32)36)28(34)21-10-12-22(13-11-21)33(37)38/h10-15,20,27,34H,5-9,16-19H2,1-4H3/b28-26-. The number of Topliss-reactive ketones (excluding diaryl/α,β-unsaturated/α-hetero) is 1. The van der Waals surface area contributed by atoms with Gasteiger partial charge in [0.2, 0.25) is 0 Å². The van der Waals surface area contributed by atoms with Crippen molar-refractivity contribution in [2.45, 2.75) is 52.0 Å². The molecular weight excluding hydrogens is 514 g/mol. The molecule has 40 heavy (non-hydrogen) atoms. The number of carbonyl (C=O) groups excluding carboxylic acids is 2. The van der Waals surface area contributed by atoms with E-state index in [0.717, 1.165) is 45.3 Å². The molecule has 1 heterocycles. The molecular formula is C30H39N3O7. The number of benzene rings is 2. The van der Waals surface area contributed by atoms with Crippen molar-refractivity contribution in [1.29, 1.82) is 0 Å². The normalized spacial score (nSPS) is 16.5. The van der Waals surface area contributed by atoms with Crippen molar-refractivity contribution in [3.63, 3.8) is 0 Å². The largest absolute Gasteiger partial charge is 0.507 e. The van der Waals surface area contributed by atoms with Gasteiger partial charge in [0, 0.05) is 29.8 Å². The zero-order valence-electron chi connectivity index (χ0n) is 23.7. The summed E-state index contributed by atoms with van der Waals surface area (Å²) in [4.78, 5) is 41.3. The molecule has 1 atom stereocenters. The number of hydrogen-bond acceptors (Lipinski definition) is 8. The molecule has 216 valence electrons. The van der Waals surface area contributed by atoms with Gasteiger partial charge in [-0.3, -0.25) is 19.7 Å². The molecule has 1 saturated heterocycles. The van der Waals surface area contributed by atoms with Gasteiger partial charge in [-0.15, -0.1) is 0 Å². The van der Waals surface area contributed by atoms with E-state index in [1.165, 1.54) is 43.4 Å². The highest BCUT2D eigenvalue weighted by atomic mass is 16.6. The molecule has 1 aliphatic heterocycles. The molecule has 2 aromatic carbocycles. The molecule has 0 spiro atoms. The number of carbonyl (C=O) groups is 2. The fourth-order valence-electron chi connectivity index (χ4n) is 4.95. The third-order valence-corrected chi connectivity index (χ3v) is 7.15. The van der Waals surface area contributed by atoms with E-state index in [2.05, 4.69) is 18.7 Å². The number of nitrogens with zero attached hydrogens (tertiary/aromatic N) is 3. The van der Waals surface area contributed by atoms with Crippen LogP contribution in [0.4, 0.5) is 5.69 Å². The maximum Gasteiger partial charge on any atom is 0.295 e. The number of aliphatic hydroxyl groups is 1. The highest BCUT2D eigenvalue weighted by Gasteiger charge is 2.47. The summed E-state index contributed by atoms with van der Waals surface area (Å²) in [7, 11) is 3.01. The number of nitro benzene ring substituents is 1. The number of amides is 1. The van der Waals surface area contributed by atoms with Crippen LogP contribution in [0.3, 0.4) is 0 Å². The van der Waals surface area contributed by atoms with Gasteiger partial charge in [-0.1, -0.05) is 26.7 Å². The number of rotatable bonds is 15. The molecule has 0 bridgehead atoms. The molecule has 1 amide bonds. The number of hydrogen-bond donors (Lipinski definition) is 1. The van der Waals surface area contributed by atoms with Gasteiger partial charge in [-0.05, 0) is 69.2 Å². The second-order valence-electron chi connectivity index (χ2n) is 9.81. The first-order valence-corrected chi connectivity index (χ1v) is 13.7. The van der Waals surface area contributed by atoms with E-state index in [1.807, 2.05) is 0 Å². The van der Waals surface area contributed by atoms with Crippen LogP contribution in [0.5, 0.6) is 11.5 Å². The maximum atomic E-state index is 13.4. The summed E-state index contributed by atoms with van der Waals surface area (Å²) >= 11 is 0. The zero-order chi connectivity index (χ0) is 29.2.